The van der Waals surface area contributed by atoms with Crippen LogP contribution in [0.2, 0.25) is 0 Å². The number of nitrogens with zero attached hydrogens (tertiary/aromatic N) is 5. The summed E-state index contributed by atoms with van der Waals surface area (Å²) in [7, 11) is 0. The summed E-state index contributed by atoms with van der Waals surface area (Å²) in [5.41, 5.74) is 1.79. The predicted octanol–water partition coefficient (Wildman–Crippen LogP) is 2.61. The van der Waals surface area contributed by atoms with E-state index in [-0.39, 0.29) is 11.6 Å². The Hall–Kier alpha value is -3.55. The summed E-state index contributed by atoms with van der Waals surface area (Å²) in [4.78, 5) is 16.8. The topological polar surface area (TPSA) is 77.1 Å². The number of carbonyl (C=O) groups is 1. The van der Waals surface area contributed by atoms with E-state index in [0.29, 0.717) is 22.7 Å². The van der Waals surface area contributed by atoms with Gasteiger partial charge in [-0.3, -0.25) is 4.79 Å². The Balaban J connectivity index is 1.68. The van der Waals surface area contributed by atoms with Crippen LogP contribution in [0, 0.1) is 12.7 Å². The third kappa shape index (κ3) is 2.53. The fraction of sp³-hybridized carbons (Fsp3) is 0.0588. The zero-order valence-electron chi connectivity index (χ0n) is 13.2. The number of fused-ring (bicyclic) bond motifs is 1. The molecule has 0 aliphatic rings. The van der Waals surface area contributed by atoms with Crippen molar-refractivity contribution in [1.82, 2.24) is 24.4 Å². The van der Waals surface area contributed by atoms with Gasteiger partial charge >= 0.3 is 0 Å². The van der Waals surface area contributed by atoms with E-state index >= 15 is 0 Å². The second-order valence-electron chi connectivity index (χ2n) is 5.39. The fourth-order valence-electron chi connectivity index (χ4n) is 2.61. The van der Waals surface area contributed by atoms with Crippen molar-refractivity contribution in [2.45, 2.75) is 6.92 Å². The molecule has 0 saturated heterocycles. The number of benzene rings is 1. The van der Waals surface area contributed by atoms with Gasteiger partial charge in [-0.25, -0.2) is 14.1 Å². The second-order valence-corrected chi connectivity index (χ2v) is 5.39. The molecule has 25 heavy (non-hydrogen) atoms. The predicted molar refractivity (Wildman–Crippen MR) is 89.2 cm³/mol. The summed E-state index contributed by atoms with van der Waals surface area (Å²) in [6.07, 6.45) is 4.60. The first-order valence-electron chi connectivity index (χ1n) is 7.55. The molecule has 0 aliphatic carbocycles. The number of nitrogens with one attached hydrogen (secondary N) is 1. The molecule has 4 rings (SSSR count). The smallest absolute Gasteiger partial charge is 0.260 e. The summed E-state index contributed by atoms with van der Waals surface area (Å²) in [6.45, 7) is 1.71. The molecule has 1 amide bonds. The van der Waals surface area contributed by atoms with Gasteiger partial charge in [0.15, 0.2) is 5.65 Å². The molecule has 0 spiro atoms. The highest BCUT2D eigenvalue weighted by Gasteiger charge is 2.17. The van der Waals surface area contributed by atoms with E-state index < -0.39 is 5.82 Å². The SMILES string of the molecule is Cc1c(C(=O)Nc2ccnc3ccnn23)cnn1-c1ccccc1F. The molecule has 0 aliphatic heterocycles. The summed E-state index contributed by atoms with van der Waals surface area (Å²) in [5.74, 6) is -0.283. The van der Waals surface area contributed by atoms with Crippen LogP contribution in [-0.2, 0) is 0 Å². The lowest BCUT2D eigenvalue weighted by molar-refractivity contribution is 0.102. The fourth-order valence-corrected chi connectivity index (χ4v) is 2.61. The molecule has 1 aromatic carbocycles. The Kier molecular flexibility index (Phi) is 3.50. The van der Waals surface area contributed by atoms with Gasteiger partial charge < -0.3 is 5.32 Å². The van der Waals surface area contributed by atoms with Gasteiger partial charge in [0.2, 0.25) is 0 Å². The lowest BCUT2D eigenvalue weighted by Crippen LogP contribution is -2.16. The van der Waals surface area contributed by atoms with Crippen LogP contribution in [0.1, 0.15) is 16.1 Å². The minimum atomic E-state index is -0.409. The maximum absolute atomic E-state index is 14.0. The lowest BCUT2D eigenvalue weighted by atomic mass is 10.2. The van der Waals surface area contributed by atoms with E-state index in [4.69, 9.17) is 0 Å². The van der Waals surface area contributed by atoms with E-state index in [2.05, 4.69) is 20.5 Å². The first kappa shape index (κ1) is 15.0. The molecule has 0 saturated carbocycles. The van der Waals surface area contributed by atoms with Gasteiger partial charge in [0.25, 0.3) is 5.91 Å². The highest BCUT2D eigenvalue weighted by molar-refractivity contribution is 6.04. The molecule has 0 bridgehead atoms. The Labute approximate surface area is 141 Å². The zero-order valence-corrected chi connectivity index (χ0v) is 13.2. The van der Waals surface area contributed by atoms with Crippen molar-refractivity contribution >= 4 is 17.4 Å². The van der Waals surface area contributed by atoms with Crippen LogP contribution in [0.25, 0.3) is 11.3 Å². The molecule has 7 nitrogen and oxygen atoms in total. The monoisotopic (exact) mass is 336 g/mol. The minimum absolute atomic E-state index is 0.289. The van der Waals surface area contributed by atoms with Crippen LogP contribution >= 0.6 is 0 Å². The molecule has 0 unspecified atom stereocenters. The first-order valence-corrected chi connectivity index (χ1v) is 7.55. The number of hydrogen-bond donors (Lipinski definition) is 1. The highest BCUT2D eigenvalue weighted by Crippen LogP contribution is 2.18. The first-order chi connectivity index (χ1) is 12.1. The summed E-state index contributed by atoms with van der Waals surface area (Å²) in [5, 5.41) is 11.0. The number of amides is 1. The second kappa shape index (κ2) is 5.82. The zero-order chi connectivity index (χ0) is 17.4. The number of para-hydroxylation sites is 1. The van der Waals surface area contributed by atoms with Crippen molar-refractivity contribution in [3.63, 3.8) is 0 Å². The summed E-state index contributed by atoms with van der Waals surface area (Å²) >= 11 is 0. The third-order valence-electron chi connectivity index (χ3n) is 3.87. The van der Waals surface area contributed by atoms with Gasteiger partial charge in [-0.2, -0.15) is 14.7 Å². The Morgan fingerprint density at radius 3 is 2.80 bits per heavy atom. The van der Waals surface area contributed by atoms with Crippen LogP contribution in [0.3, 0.4) is 0 Å². The van der Waals surface area contributed by atoms with Crippen molar-refractivity contribution in [3.05, 3.63) is 72.1 Å². The minimum Gasteiger partial charge on any atom is -0.306 e. The van der Waals surface area contributed by atoms with Crippen LogP contribution < -0.4 is 5.32 Å². The molecular formula is C17H13FN6O. The van der Waals surface area contributed by atoms with Crippen molar-refractivity contribution in [1.29, 1.82) is 0 Å². The van der Waals surface area contributed by atoms with E-state index in [1.54, 1.807) is 49.6 Å². The molecule has 0 radical (unpaired) electrons. The van der Waals surface area contributed by atoms with E-state index in [9.17, 15) is 9.18 Å². The van der Waals surface area contributed by atoms with Gasteiger partial charge in [-0.05, 0) is 25.1 Å². The molecule has 1 N–H and O–H groups in total. The largest absolute Gasteiger partial charge is 0.306 e. The van der Waals surface area contributed by atoms with Gasteiger partial charge in [0.05, 0.1) is 23.7 Å². The third-order valence-corrected chi connectivity index (χ3v) is 3.87. The van der Waals surface area contributed by atoms with Crippen LogP contribution in [0.15, 0.2) is 55.0 Å². The maximum Gasteiger partial charge on any atom is 0.260 e. The van der Waals surface area contributed by atoms with E-state index in [1.807, 2.05) is 0 Å². The number of halogens is 1. The quantitative estimate of drug-likeness (QED) is 0.624. The molecule has 0 atom stereocenters. The summed E-state index contributed by atoms with van der Waals surface area (Å²) in [6, 6.07) is 9.65. The van der Waals surface area contributed by atoms with Gasteiger partial charge in [0, 0.05) is 12.3 Å². The van der Waals surface area contributed by atoms with Crippen molar-refractivity contribution < 1.29 is 9.18 Å². The van der Waals surface area contributed by atoms with Gasteiger partial charge in [-0.1, -0.05) is 12.1 Å². The number of aromatic nitrogens is 5. The Bertz CT molecular complexity index is 1080. The standard InChI is InChI=1S/C17H13FN6O/c1-11-12(10-21-23(11)14-5-3-2-4-13(14)18)17(25)22-16-6-8-19-15-7-9-20-24(15)16/h2-10H,1H3,(H,22,25). The van der Waals surface area contributed by atoms with Crippen molar-refractivity contribution in [2.24, 2.45) is 0 Å². The van der Waals surface area contributed by atoms with Gasteiger partial charge in [0.1, 0.15) is 17.3 Å². The maximum atomic E-state index is 14.0. The van der Waals surface area contributed by atoms with E-state index in [0.717, 1.165) is 0 Å². The van der Waals surface area contributed by atoms with Crippen LogP contribution in [0.4, 0.5) is 10.2 Å². The molecule has 4 aromatic rings. The van der Waals surface area contributed by atoms with Crippen molar-refractivity contribution in [2.75, 3.05) is 5.32 Å². The molecular weight excluding hydrogens is 323 g/mol. The average molecular weight is 336 g/mol. The molecule has 3 aromatic heterocycles. The lowest BCUT2D eigenvalue weighted by Gasteiger charge is -2.08. The highest BCUT2D eigenvalue weighted by atomic mass is 19.1. The Morgan fingerprint density at radius 1 is 1.12 bits per heavy atom. The summed E-state index contributed by atoms with van der Waals surface area (Å²) < 4.78 is 16.9. The molecule has 8 heteroatoms. The molecule has 124 valence electrons. The molecule has 0 fully saturated rings. The number of rotatable bonds is 3. The number of carbonyl (C=O) groups excluding carboxylic acids is 1. The molecule has 3 heterocycles. The van der Waals surface area contributed by atoms with Crippen LogP contribution in [0.5, 0.6) is 0 Å². The number of hydrogen-bond acceptors (Lipinski definition) is 4. The Morgan fingerprint density at radius 2 is 1.96 bits per heavy atom. The van der Waals surface area contributed by atoms with Gasteiger partial charge in [-0.15, -0.1) is 0 Å². The van der Waals surface area contributed by atoms with Crippen molar-refractivity contribution in [3.8, 4) is 5.69 Å². The number of anilines is 1. The average Bonchev–Trinajstić information content (AvgIpc) is 3.23. The van der Waals surface area contributed by atoms with E-state index in [1.165, 1.54) is 21.5 Å². The normalized spacial score (nSPS) is 11.0. The van der Waals surface area contributed by atoms with Crippen LogP contribution in [-0.4, -0.2) is 30.3 Å².